The Morgan fingerprint density at radius 3 is 2.27 bits per heavy atom. The number of carbonyl (C=O) groups excluding carboxylic acids is 1. The fourth-order valence-corrected chi connectivity index (χ4v) is 6.50. The molecule has 1 saturated heterocycles. The molecule has 0 radical (unpaired) electrons. The number of hydrogen-bond acceptors (Lipinski definition) is 5. The Hall–Kier alpha value is -2.78. The van der Waals surface area contributed by atoms with Gasteiger partial charge in [0.15, 0.2) is 0 Å². The maximum Gasteiger partial charge on any atom is 0.252 e. The van der Waals surface area contributed by atoms with Crippen LogP contribution in [-0.4, -0.2) is 56.3 Å². The second-order valence-corrected chi connectivity index (χ2v) is 11.1. The maximum absolute atomic E-state index is 13.1. The summed E-state index contributed by atoms with van der Waals surface area (Å²) in [4.78, 5) is 15.3. The number of carbonyl (C=O) groups is 1. The summed E-state index contributed by atoms with van der Waals surface area (Å²) in [7, 11) is -3.52. The lowest BCUT2D eigenvalue weighted by atomic mass is 10.2. The normalized spacial score (nSPS) is 15.6. The average molecular weight is 482 g/mol. The summed E-state index contributed by atoms with van der Waals surface area (Å²) in [5.74, 6) is -0.175. The lowest BCUT2D eigenvalue weighted by Gasteiger charge is -2.33. The molecule has 2 heterocycles. The molecule has 2 aromatic carbocycles. The molecule has 4 rings (SSSR count). The van der Waals surface area contributed by atoms with Gasteiger partial charge in [-0.05, 0) is 29.8 Å². The Morgan fingerprint density at radius 2 is 1.58 bits per heavy atom. The molecule has 0 atom stereocenters. The number of amides is 1. The van der Waals surface area contributed by atoms with Gasteiger partial charge < -0.3 is 5.32 Å². The zero-order chi connectivity index (χ0) is 23.1. The molecule has 0 saturated carbocycles. The number of rotatable bonds is 8. The van der Waals surface area contributed by atoms with Crippen molar-refractivity contribution in [3.63, 3.8) is 0 Å². The second-order valence-electron chi connectivity index (χ2n) is 7.79. The van der Waals surface area contributed by atoms with Gasteiger partial charge in [-0.3, -0.25) is 9.69 Å². The SMILES string of the molecule is O=C(NCc1ccc(S(=O)(=O)N2CCN(C/C=C/c3ccccc3)CC2)s1)c1ccccc1. The van der Waals surface area contributed by atoms with Gasteiger partial charge in [-0.1, -0.05) is 60.7 Å². The summed E-state index contributed by atoms with van der Waals surface area (Å²) in [6.07, 6.45) is 4.21. The second kappa shape index (κ2) is 10.9. The van der Waals surface area contributed by atoms with Crippen LogP contribution in [0.15, 0.2) is 83.1 Å². The van der Waals surface area contributed by atoms with E-state index in [0.29, 0.717) is 42.5 Å². The third kappa shape index (κ3) is 6.17. The first kappa shape index (κ1) is 23.4. The quantitative estimate of drug-likeness (QED) is 0.533. The smallest absolute Gasteiger partial charge is 0.252 e. The minimum absolute atomic E-state index is 0.175. The van der Waals surface area contributed by atoms with Gasteiger partial charge in [-0.15, -0.1) is 11.3 Å². The first-order valence-electron chi connectivity index (χ1n) is 10.9. The molecule has 1 aliphatic rings. The van der Waals surface area contributed by atoms with Crippen molar-refractivity contribution in [1.29, 1.82) is 0 Å². The molecule has 0 bridgehead atoms. The monoisotopic (exact) mass is 481 g/mol. The van der Waals surface area contributed by atoms with Crippen LogP contribution in [0.4, 0.5) is 0 Å². The molecule has 1 amide bonds. The standard InChI is InChI=1S/C25H27N3O3S2/c29-25(22-11-5-2-6-12-22)26-20-23-13-14-24(32-23)33(30,31)28-18-16-27(17-19-28)15-7-10-21-8-3-1-4-9-21/h1-14H,15-20H2,(H,26,29)/b10-7+. The van der Waals surface area contributed by atoms with Crippen molar-refractivity contribution in [2.45, 2.75) is 10.8 Å². The van der Waals surface area contributed by atoms with Gasteiger partial charge in [0.05, 0.1) is 6.54 Å². The van der Waals surface area contributed by atoms with Gasteiger partial charge in [0.1, 0.15) is 4.21 Å². The van der Waals surface area contributed by atoms with E-state index in [1.807, 2.05) is 36.4 Å². The van der Waals surface area contributed by atoms with Crippen LogP contribution < -0.4 is 5.32 Å². The Labute approximate surface area is 199 Å². The number of sulfonamides is 1. The van der Waals surface area contributed by atoms with E-state index in [2.05, 4.69) is 34.5 Å². The van der Waals surface area contributed by atoms with Crippen molar-refractivity contribution in [3.8, 4) is 0 Å². The van der Waals surface area contributed by atoms with Gasteiger partial charge in [0.25, 0.3) is 15.9 Å². The highest BCUT2D eigenvalue weighted by Gasteiger charge is 2.29. The van der Waals surface area contributed by atoms with Crippen molar-refractivity contribution >= 4 is 33.3 Å². The van der Waals surface area contributed by atoms with Crippen LogP contribution in [0.1, 0.15) is 20.8 Å². The Morgan fingerprint density at radius 1 is 0.909 bits per heavy atom. The van der Waals surface area contributed by atoms with E-state index in [0.717, 1.165) is 17.0 Å². The fraction of sp³-hybridized carbons (Fsp3) is 0.240. The topological polar surface area (TPSA) is 69.7 Å². The minimum Gasteiger partial charge on any atom is -0.347 e. The Kier molecular flexibility index (Phi) is 7.72. The van der Waals surface area contributed by atoms with Gasteiger partial charge in [-0.2, -0.15) is 4.31 Å². The molecular formula is C25H27N3O3S2. The third-order valence-corrected chi connectivity index (χ3v) is 8.95. The molecule has 1 N–H and O–H groups in total. The van der Waals surface area contributed by atoms with Crippen LogP contribution >= 0.6 is 11.3 Å². The molecule has 0 aliphatic carbocycles. The zero-order valence-corrected chi connectivity index (χ0v) is 19.9. The van der Waals surface area contributed by atoms with Gasteiger partial charge in [0.2, 0.25) is 0 Å². The lowest BCUT2D eigenvalue weighted by Crippen LogP contribution is -2.48. The summed E-state index contributed by atoms with van der Waals surface area (Å²) < 4.78 is 28.0. The largest absolute Gasteiger partial charge is 0.347 e. The number of thiophene rings is 1. The van der Waals surface area contributed by atoms with Crippen molar-refractivity contribution in [2.24, 2.45) is 0 Å². The van der Waals surface area contributed by atoms with E-state index >= 15 is 0 Å². The average Bonchev–Trinajstić information content (AvgIpc) is 3.34. The molecule has 0 spiro atoms. The molecule has 8 heteroatoms. The Balaban J connectivity index is 1.28. The first-order valence-corrected chi connectivity index (χ1v) is 13.1. The van der Waals surface area contributed by atoms with E-state index in [-0.39, 0.29) is 5.91 Å². The third-order valence-electron chi connectivity index (χ3n) is 5.50. The summed E-state index contributed by atoms with van der Waals surface area (Å²) in [5.41, 5.74) is 1.74. The fourth-order valence-electron chi connectivity index (χ4n) is 3.63. The lowest BCUT2D eigenvalue weighted by molar-refractivity contribution is 0.0951. The van der Waals surface area contributed by atoms with Gasteiger partial charge in [-0.25, -0.2) is 8.42 Å². The number of piperazine rings is 1. The van der Waals surface area contributed by atoms with E-state index in [4.69, 9.17) is 0 Å². The molecule has 1 aliphatic heterocycles. The van der Waals surface area contributed by atoms with Crippen molar-refractivity contribution in [3.05, 3.63) is 94.9 Å². The number of benzene rings is 2. The zero-order valence-electron chi connectivity index (χ0n) is 18.3. The van der Waals surface area contributed by atoms with Gasteiger partial charge in [0, 0.05) is 43.2 Å². The molecule has 3 aromatic rings. The number of nitrogens with one attached hydrogen (secondary N) is 1. The highest BCUT2D eigenvalue weighted by atomic mass is 32.2. The van der Waals surface area contributed by atoms with Crippen molar-refractivity contribution < 1.29 is 13.2 Å². The predicted octanol–water partition coefficient (Wildman–Crippen LogP) is 3.70. The summed E-state index contributed by atoms with van der Waals surface area (Å²) in [6, 6.07) is 22.5. The molecule has 0 unspecified atom stereocenters. The van der Waals surface area contributed by atoms with Crippen LogP contribution in [0.2, 0.25) is 0 Å². The summed E-state index contributed by atoms with van der Waals surface area (Å²) in [6.45, 7) is 3.44. The molecule has 33 heavy (non-hydrogen) atoms. The maximum atomic E-state index is 13.1. The number of nitrogens with zero attached hydrogens (tertiary/aromatic N) is 2. The first-order chi connectivity index (χ1) is 16.0. The summed E-state index contributed by atoms with van der Waals surface area (Å²) in [5, 5.41) is 2.85. The van der Waals surface area contributed by atoms with Crippen LogP contribution in [0.25, 0.3) is 6.08 Å². The highest BCUT2D eigenvalue weighted by molar-refractivity contribution is 7.91. The molecular weight excluding hydrogens is 454 g/mol. The van der Waals surface area contributed by atoms with Crippen molar-refractivity contribution in [2.75, 3.05) is 32.7 Å². The summed E-state index contributed by atoms with van der Waals surface area (Å²) >= 11 is 1.21. The Bertz CT molecular complexity index is 1180. The molecule has 6 nitrogen and oxygen atoms in total. The predicted molar refractivity (Wildman–Crippen MR) is 133 cm³/mol. The van der Waals surface area contributed by atoms with E-state index < -0.39 is 10.0 Å². The minimum atomic E-state index is -3.52. The number of hydrogen-bond donors (Lipinski definition) is 1. The van der Waals surface area contributed by atoms with E-state index in [9.17, 15) is 13.2 Å². The highest BCUT2D eigenvalue weighted by Crippen LogP contribution is 2.26. The molecule has 1 fully saturated rings. The molecule has 1 aromatic heterocycles. The van der Waals surface area contributed by atoms with Crippen LogP contribution in [-0.2, 0) is 16.6 Å². The van der Waals surface area contributed by atoms with Gasteiger partial charge >= 0.3 is 0 Å². The van der Waals surface area contributed by atoms with Crippen LogP contribution in [0.3, 0.4) is 0 Å². The van der Waals surface area contributed by atoms with E-state index in [1.54, 1.807) is 28.6 Å². The van der Waals surface area contributed by atoms with Crippen molar-refractivity contribution in [1.82, 2.24) is 14.5 Å². The van der Waals surface area contributed by atoms with Crippen LogP contribution in [0, 0.1) is 0 Å². The van der Waals surface area contributed by atoms with Crippen LogP contribution in [0.5, 0.6) is 0 Å². The van der Waals surface area contributed by atoms with E-state index in [1.165, 1.54) is 11.3 Å². The molecule has 172 valence electrons.